The van der Waals surface area contributed by atoms with Crippen LogP contribution in [0, 0.1) is 0 Å². The molecule has 1 atom stereocenters. The zero-order valence-electron chi connectivity index (χ0n) is 25.7. The molecular weight excluding hydrogens is 552 g/mol. The highest BCUT2D eigenvalue weighted by atomic mass is 16.2. The fourth-order valence-corrected chi connectivity index (χ4v) is 6.01. The van der Waals surface area contributed by atoms with Crippen LogP contribution in [0.2, 0.25) is 0 Å². The topological polar surface area (TPSA) is 119 Å². The summed E-state index contributed by atoms with van der Waals surface area (Å²) in [6, 6.07) is 5.72. The Morgan fingerprint density at radius 2 is 2.02 bits per heavy atom. The molecule has 10 nitrogen and oxygen atoms in total. The lowest BCUT2D eigenvalue weighted by Gasteiger charge is -2.41. The lowest BCUT2D eigenvalue weighted by Crippen LogP contribution is -2.63. The monoisotopic (exact) mass is 594 g/mol. The average Bonchev–Trinajstić information content (AvgIpc) is 3.42. The molecule has 2 amide bonds. The number of H-pyrrole nitrogens is 1. The van der Waals surface area contributed by atoms with Crippen molar-refractivity contribution in [3.05, 3.63) is 84.6 Å². The van der Waals surface area contributed by atoms with Crippen molar-refractivity contribution in [1.82, 2.24) is 35.3 Å². The molecule has 0 saturated carbocycles. The summed E-state index contributed by atoms with van der Waals surface area (Å²) >= 11 is 0. The molecule has 1 fully saturated rings. The summed E-state index contributed by atoms with van der Waals surface area (Å²) in [5, 5.41) is 14.7. The van der Waals surface area contributed by atoms with Gasteiger partial charge in [0, 0.05) is 48.7 Å². The lowest BCUT2D eigenvalue weighted by atomic mass is 9.87. The number of amides is 2. The molecule has 0 bridgehead atoms. The summed E-state index contributed by atoms with van der Waals surface area (Å²) in [4.78, 5) is 39.7. The Balaban J connectivity index is 1.23. The van der Waals surface area contributed by atoms with E-state index >= 15 is 0 Å². The third kappa shape index (κ3) is 7.38. The van der Waals surface area contributed by atoms with Gasteiger partial charge in [0.1, 0.15) is 11.9 Å². The number of aromatic amines is 1. The van der Waals surface area contributed by atoms with Gasteiger partial charge in [0.25, 0.3) is 0 Å². The number of piperidine rings is 1. The summed E-state index contributed by atoms with van der Waals surface area (Å²) in [5.41, 5.74) is 4.71. The quantitative estimate of drug-likeness (QED) is 0.366. The van der Waals surface area contributed by atoms with E-state index in [-0.39, 0.29) is 18.4 Å². The van der Waals surface area contributed by atoms with Gasteiger partial charge in [-0.3, -0.25) is 19.6 Å². The number of rotatable bonds is 7. The van der Waals surface area contributed by atoms with Crippen LogP contribution in [0.4, 0.5) is 5.69 Å². The fourth-order valence-electron chi connectivity index (χ4n) is 6.01. The van der Waals surface area contributed by atoms with Gasteiger partial charge in [-0.2, -0.15) is 5.10 Å². The molecule has 44 heavy (non-hydrogen) atoms. The van der Waals surface area contributed by atoms with Crippen LogP contribution < -0.4 is 10.6 Å². The zero-order valence-corrected chi connectivity index (χ0v) is 25.7. The first-order valence-electron chi connectivity index (χ1n) is 15.3. The molecule has 0 spiro atoms. The number of anilines is 1. The lowest BCUT2D eigenvalue weighted by molar-refractivity contribution is -0.134. The SMILES string of the molecule is C=C1/C=C\C/C(c2cncnc2)=C\CCCN(C(=O)CN2CCCC(NC)(C(=O)Nc3ccc4n[nH]c(/C=C/C)c4c3)C2)C1. The third-order valence-corrected chi connectivity index (χ3v) is 8.41. The van der Waals surface area contributed by atoms with Crippen LogP contribution in [0.3, 0.4) is 0 Å². The number of hydrogen-bond donors (Lipinski definition) is 3. The van der Waals surface area contributed by atoms with Gasteiger partial charge in [-0.05, 0) is 88.0 Å². The summed E-state index contributed by atoms with van der Waals surface area (Å²) < 4.78 is 0. The molecule has 2 aliphatic heterocycles. The highest BCUT2D eigenvalue weighted by molar-refractivity contribution is 6.00. The van der Waals surface area contributed by atoms with E-state index in [0.29, 0.717) is 31.7 Å². The van der Waals surface area contributed by atoms with Gasteiger partial charge in [0.05, 0.1) is 17.8 Å². The first-order valence-corrected chi connectivity index (χ1v) is 15.3. The number of allylic oxidation sites excluding steroid dienone is 4. The number of carbonyl (C=O) groups is 2. The van der Waals surface area contributed by atoms with E-state index in [1.165, 1.54) is 11.9 Å². The Morgan fingerprint density at radius 1 is 1.18 bits per heavy atom. The number of hydrogen-bond acceptors (Lipinski definition) is 7. The molecule has 4 heterocycles. The molecule has 1 saturated heterocycles. The molecule has 3 aromatic rings. The maximum Gasteiger partial charge on any atom is 0.246 e. The minimum atomic E-state index is -0.811. The predicted octanol–water partition coefficient (Wildman–Crippen LogP) is 4.59. The zero-order chi connectivity index (χ0) is 30.9. The number of aromatic nitrogens is 4. The van der Waals surface area contributed by atoms with Crippen molar-refractivity contribution in [2.75, 3.05) is 45.1 Å². The number of nitrogens with one attached hydrogen (secondary N) is 3. The van der Waals surface area contributed by atoms with Gasteiger partial charge >= 0.3 is 0 Å². The maximum absolute atomic E-state index is 13.7. The molecular formula is C34H42N8O2. The Bertz CT molecular complexity index is 1570. The van der Waals surface area contributed by atoms with Crippen LogP contribution in [-0.2, 0) is 9.59 Å². The van der Waals surface area contributed by atoms with Crippen molar-refractivity contribution in [2.45, 2.75) is 44.6 Å². The van der Waals surface area contributed by atoms with E-state index in [2.05, 4.69) is 54.4 Å². The molecule has 2 aromatic heterocycles. The van der Waals surface area contributed by atoms with Crippen molar-refractivity contribution in [1.29, 1.82) is 0 Å². The molecule has 5 rings (SSSR count). The molecule has 230 valence electrons. The number of likely N-dealkylation sites (tertiary alicyclic amines) is 1. The standard InChI is InChI=1S/C34H42N8O2/c1-4-9-30-29-18-28(13-14-31(29)40-39-30)38-33(44)34(35-3)15-8-16-41(23-34)22-32(43)42-17-6-5-11-26(12-7-10-25(2)21-42)27-19-36-24-37-20-27/h4,7,9-11,13-14,18-20,24,35H,2,5-6,8,12,15-17,21-23H2,1,3H3,(H,38,44)(H,39,40)/b9-4+,10-7-,26-11+. The Hall–Kier alpha value is -4.41. The normalized spacial score (nSPS) is 22.4. The van der Waals surface area contributed by atoms with E-state index < -0.39 is 5.54 Å². The first kappa shape index (κ1) is 31.0. The Kier molecular flexibility index (Phi) is 10.1. The summed E-state index contributed by atoms with van der Waals surface area (Å²) in [6.45, 7) is 8.75. The van der Waals surface area contributed by atoms with Crippen molar-refractivity contribution >= 4 is 40.1 Å². The van der Waals surface area contributed by atoms with Crippen LogP contribution in [0.15, 0.2) is 73.4 Å². The smallest absolute Gasteiger partial charge is 0.246 e. The number of nitrogens with zero attached hydrogens (tertiary/aromatic N) is 5. The second-order valence-electron chi connectivity index (χ2n) is 11.5. The molecule has 10 heteroatoms. The van der Waals surface area contributed by atoms with Crippen LogP contribution in [0.25, 0.3) is 22.6 Å². The molecule has 1 unspecified atom stereocenters. The Labute approximate surface area is 259 Å². The largest absolute Gasteiger partial charge is 0.337 e. The van der Waals surface area contributed by atoms with E-state index in [1.807, 2.05) is 67.7 Å². The highest BCUT2D eigenvalue weighted by Gasteiger charge is 2.41. The highest BCUT2D eigenvalue weighted by Crippen LogP contribution is 2.26. The minimum Gasteiger partial charge on any atom is -0.337 e. The van der Waals surface area contributed by atoms with Gasteiger partial charge in [-0.1, -0.05) is 30.9 Å². The molecule has 3 N–H and O–H groups in total. The van der Waals surface area contributed by atoms with Crippen molar-refractivity contribution in [3.63, 3.8) is 0 Å². The minimum absolute atomic E-state index is 0.0497. The van der Waals surface area contributed by atoms with Crippen LogP contribution in [0.1, 0.15) is 50.3 Å². The average molecular weight is 595 g/mol. The number of carbonyl (C=O) groups excluding carboxylic acids is 2. The van der Waals surface area contributed by atoms with E-state index in [9.17, 15) is 9.59 Å². The second kappa shape index (κ2) is 14.4. The van der Waals surface area contributed by atoms with Gasteiger partial charge < -0.3 is 15.5 Å². The third-order valence-electron chi connectivity index (χ3n) is 8.41. The predicted molar refractivity (Wildman–Crippen MR) is 176 cm³/mol. The van der Waals surface area contributed by atoms with Crippen molar-refractivity contribution < 1.29 is 9.59 Å². The van der Waals surface area contributed by atoms with Gasteiger partial charge in [-0.25, -0.2) is 9.97 Å². The number of fused-ring (bicyclic) bond motifs is 1. The second-order valence-corrected chi connectivity index (χ2v) is 11.5. The molecule has 2 aliphatic rings. The summed E-state index contributed by atoms with van der Waals surface area (Å²) in [5.74, 6) is -0.0542. The van der Waals surface area contributed by atoms with E-state index in [4.69, 9.17) is 0 Å². The molecule has 1 aromatic carbocycles. The maximum atomic E-state index is 13.7. The fraction of sp³-hybridized carbons (Fsp3) is 0.382. The summed E-state index contributed by atoms with van der Waals surface area (Å²) in [7, 11) is 1.82. The van der Waals surface area contributed by atoms with Gasteiger partial charge in [0.2, 0.25) is 11.8 Å². The number of likely N-dealkylation sites (N-methyl/N-ethyl adjacent to an activating group) is 1. The van der Waals surface area contributed by atoms with Crippen molar-refractivity contribution in [2.24, 2.45) is 0 Å². The van der Waals surface area contributed by atoms with Gasteiger partial charge in [-0.15, -0.1) is 0 Å². The van der Waals surface area contributed by atoms with Crippen molar-refractivity contribution in [3.8, 4) is 0 Å². The van der Waals surface area contributed by atoms with Crippen LogP contribution in [0.5, 0.6) is 0 Å². The van der Waals surface area contributed by atoms with E-state index in [1.54, 1.807) is 0 Å². The van der Waals surface area contributed by atoms with Crippen LogP contribution in [-0.4, -0.2) is 87.1 Å². The summed E-state index contributed by atoms with van der Waals surface area (Å²) in [6.07, 6.45) is 19.4. The molecule has 0 aliphatic carbocycles. The van der Waals surface area contributed by atoms with Gasteiger partial charge in [0.15, 0.2) is 0 Å². The number of benzene rings is 1. The van der Waals surface area contributed by atoms with Crippen LogP contribution >= 0.6 is 0 Å². The Morgan fingerprint density at radius 3 is 2.82 bits per heavy atom. The van der Waals surface area contributed by atoms with E-state index in [0.717, 1.165) is 60.0 Å². The molecule has 0 radical (unpaired) electrons. The first-order chi connectivity index (χ1) is 21.4.